The minimum Gasteiger partial charge on any atom is -0.352 e. The maximum Gasteiger partial charge on any atom is 0.345 e. The van der Waals surface area contributed by atoms with Crippen LogP contribution in [0.5, 0.6) is 0 Å². The van der Waals surface area contributed by atoms with E-state index in [9.17, 15) is 18.0 Å². The van der Waals surface area contributed by atoms with Gasteiger partial charge in [-0.05, 0) is 51.3 Å². The number of carbonyl (C=O) groups excluding carboxylic acids is 1. The molecule has 0 saturated heterocycles. The van der Waals surface area contributed by atoms with Crippen LogP contribution in [0.25, 0.3) is 0 Å². The normalized spacial score (nSPS) is 14.2. The molecule has 10 heteroatoms. The van der Waals surface area contributed by atoms with Crippen molar-refractivity contribution in [3.05, 3.63) is 46.1 Å². The fourth-order valence-electron chi connectivity index (χ4n) is 3.37. The number of aryl methyl sites for hydroxylation is 2. The average Bonchev–Trinajstić information content (AvgIpc) is 3.06. The Kier molecular flexibility index (Phi) is 6.77. The highest BCUT2D eigenvalue weighted by atomic mass is 32.2. The molecule has 1 amide bonds. The summed E-state index contributed by atoms with van der Waals surface area (Å²) in [6.07, 6.45) is 3.42. The SMILES string of the molecule is CC(C)N(C)S(=O)(=O)c1cccc(C(=O)NCCCn2nc3n(c2=O)CCCC3)c1. The van der Waals surface area contributed by atoms with Crippen molar-refractivity contribution in [1.82, 2.24) is 24.0 Å². The van der Waals surface area contributed by atoms with E-state index in [0.29, 0.717) is 19.5 Å². The molecule has 0 aliphatic carbocycles. The summed E-state index contributed by atoms with van der Waals surface area (Å²) in [5.41, 5.74) is 0.186. The van der Waals surface area contributed by atoms with Gasteiger partial charge in [0.1, 0.15) is 5.82 Å². The van der Waals surface area contributed by atoms with Crippen molar-refractivity contribution in [3.8, 4) is 0 Å². The highest BCUT2D eigenvalue weighted by molar-refractivity contribution is 7.89. The van der Waals surface area contributed by atoms with E-state index < -0.39 is 10.0 Å². The molecular formula is C20H29N5O4S. The molecule has 1 aliphatic heterocycles. The molecule has 1 aromatic heterocycles. The largest absolute Gasteiger partial charge is 0.352 e. The molecule has 1 aliphatic rings. The van der Waals surface area contributed by atoms with Crippen molar-refractivity contribution in [2.75, 3.05) is 13.6 Å². The summed E-state index contributed by atoms with van der Waals surface area (Å²) < 4.78 is 29.7. The smallest absolute Gasteiger partial charge is 0.345 e. The summed E-state index contributed by atoms with van der Waals surface area (Å²) in [6.45, 7) is 5.07. The van der Waals surface area contributed by atoms with E-state index in [-0.39, 0.29) is 28.1 Å². The van der Waals surface area contributed by atoms with E-state index in [1.54, 1.807) is 30.5 Å². The van der Waals surface area contributed by atoms with Crippen molar-refractivity contribution in [3.63, 3.8) is 0 Å². The van der Waals surface area contributed by atoms with Crippen molar-refractivity contribution >= 4 is 15.9 Å². The quantitative estimate of drug-likeness (QED) is 0.628. The standard InChI is InChI=1S/C20H29N5O4S/c1-15(2)23(3)30(28,29)17-9-6-8-16(14-17)19(26)21-11-7-13-25-20(27)24-12-5-4-10-18(24)22-25/h6,8-9,14-15H,4-5,7,10-13H2,1-3H3,(H,21,26). The summed E-state index contributed by atoms with van der Waals surface area (Å²) in [5, 5.41) is 7.16. The summed E-state index contributed by atoms with van der Waals surface area (Å²) in [7, 11) is -2.14. The molecular weight excluding hydrogens is 406 g/mol. The van der Waals surface area contributed by atoms with Crippen LogP contribution in [0, 0.1) is 0 Å². The second-order valence-electron chi connectivity index (χ2n) is 7.78. The molecule has 1 N–H and O–H groups in total. The van der Waals surface area contributed by atoms with E-state index >= 15 is 0 Å². The summed E-state index contributed by atoms with van der Waals surface area (Å²) in [4.78, 5) is 24.9. The number of nitrogens with zero attached hydrogens (tertiary/aromatic N) is 4. The summed E-state index contributed by atoms with van der Waals surface area (Å²) in [6, 6.07) is 5.82. The molecule has 2 heterocycles. The number of sulfonamides is 1. The molecule has 0 unspecified atom stereocenters. The monoisotopic (exact) mass is 435 g/mol. The molecule has 0 atom stereocenters. The second kappa shape index (κ2) is 9.13. The lowest BCUT2D eigenvalue weighted by Gasteiger charge is -2.21. The predicted molar refractivity (Wildman–Crippen MR) is 113 cm³/mol. The molecule has 0 spiro atoms. The van der Waals surface area contributed by atoms with E-state index in [1.165, 1.54) is 28.2 Å². The van der Waals surface area contributed by atoms with Gasteiger partial charge in [0.05, 0.1) is 4.90 Å². The number of fused-ring (bicyclic) bond motifs is 1. The van der Waals surface area contributed by atoms with Crippen LogP contribution in [0.15, 0.2) is 34.0 Å². The molecule has 0 saturated carbocycles. The van der Waals surface area contributed by atoms with Gasteiger partial charge >= 0.3 is 5.69 Å². The van der Waals surface area contributed by atoms with Crippen LogP contribution in [0.3, 0.4) is 0 Å². The Balaban J connectivity index is 1.58. The number of hydrogen-bond acceptors (Lipinski definition) is 5. The van der Waals surface area contributed by atoms with Crippen molar-refractivity contribution in [2.45, 2.75) is 63.6 Å². The van der Waals surface area contributed by atoms with Gasteiger partial charge in [0, 0.05) is 44.7 Å². The van der Waals surface area contributed by atoms with Crippen LogP contribution in [0.4, 0.5) is 0 Å². The number of nitrogens with one attached hydrogen (secondary N) is 1. The van der Waals surface area contributed by atoms with Gasteiger partial charge in [0.2, 0.25) is 10.0 Å². The Labute approximate surface area is 176 Å². The first-order chi connectivity index (χ1) is 14.2. The van der Waals surface area contributed by atoms with Crippen LogP contribution >= 0.6 is 0 Å². The molecule has 3 rings (SSSR count). The number of benzene rings is 1. The third-order valence-corrected chi connectivity index (χ3v) is 7.39. The number of aromatic nitrogens is 3. The second-order valence-corrected chi connectivity index (χ2v) is 9.78. The van der Waals surface area contributed by atoms with Gasteiger partial charge in [-0.25, -0.2) is 17.9 Å². The first-order valence-corrected chi connectivity index (χ1v) is 11.7. The fraction of sp³-hybridized carbons (Fsp3) is 0.550. The van der Waals surface area contributed by atoms with Gasteiger partial charge in [-0.2, -0.15) is 9.40 Å². The van der Waals surface area contributed by atoms with Crippen LogP contribution in [0.2, 0.25) is 0 Å². The lowest BCUT2D eigenvalue weighted by molar-refractivity contribution is 0.0952. The number of hydrogen-bond donors (Lipinski definition) is 1. The molecule has 164 valence electrons. The zero-order valence-corrected chi connectivity index (χ0v) is 18.5. The van der Waals surface area contributed by atoms with Crippen molar-refractivity contribution < 1.29 is 13.2 Å². The minimum absolute atomic E-state index is 0.0847. The molecule has 30 heavy (non-hydrogen) atoms. The van der Waals surface area contributed by atoms with Gasteiger partial charge in [0.25, 0.3) is 5.91 Å². The highest BCUT2D eigenvalue weighted by Crippen LogP contribution is 2.18. The van der Waals surface area contributed by atoms with Gasteiger partial charge in [-0.3, -0.25) is 9.36 Å². The predicted octanol–water partition coefficient (Wildman–Crippen LogP) is 1.23. The maximum atomic E-state index is 12.6. The van der Waals surface area contributed by atoms with E-state index in [4.69, 9.17) is 0 Å². The molecule has 1 aromatic carbocycles. The van der Waals surface area contributed by atoms with Crippen LogP contribution in [-0.4, -0.2) is 52.6 Å². The Morgan fingerprint density at radius 3 is 2.77 bits per heavy atom. The molecule has 0 bridgehead atoms. The molecule has 9 nitrogen and oxygen atoms in total. The van der Waals surface area contributed by atoms with Gasteiger partial charge in [0.15, 0.2) is 0 Å². The lowest BCUT2D eigenvalue weighted by atomic mass is 10.2. The Morgan fingerprint density at radius 1 is 1.30 bits per heavy atom. The third kappa shape index (κ3) is 4.65. The summed E-state index contributed by atoms with van der Waals surface area (Å²) >= 11 is 0. The zero-order chi connectivity index (χ0) is 21.9. The van der Waals surface area contributed by atoms with Gasteiger partial charge in [-0.1, -0.05) is 6.07 Å². The van der Waals surface area contributed by atoms with Crippen LogP contribution in [0.1, 0.15) is 49.3 Å². The number of amides is 1. The average molecular weight is 436 g/mol. The Bertz CT molecular complexity index is 1070. The Morgan fingerprint density at radius 2 is 2.07 bits per heavy atom. The lowest BCUT2D eigenvalue weighted by Crippen LogP contribution is -2.33. The minimum atomic E-state index is -3.66. The van der Waals surface area contributed by atoms with Gasteiger partial charge in [-0.15, -0.1) is 0 Å². The number of carbonyl (C=O) groups is 1. The number of rotatable bonds is 8. The van der Waals surface area contributed by atoms with Crippen LogP contribution < -0.4 is 11.0 Å². The van der Waals surface area contributed by atoms with E-state index in [2.05, 4.69) is 10.4 Å². The highest BCUT2D eigenvalue weighted by Gasteiger charge is 2.24. The molecule has 0 fully saturated rings. The van der Waals surface area contributed by atoms with E-state index in [0.717, 1.165) is 31.6 Å². The summed E-state index contributed by atoms with van der Waals surface area (Å²) in [5.74, 6) is 0.482. The van der Waals surface area contributed by atoms with Crippen molar-refractivity contribution in [1.29, 1.82) is 0 Å². The maximum absolute atomic E-state index is 12.6. The van der Waals surface area contributed by atoms with Crippen LogP contribution in [-0.2, 0) is 29.5 Å². The van der Waals surface area contributed by atoms with Gasteiger partial charge < -0.3 is 5.32 Å². The topological polar surface area (TPSA) is 106 Å². The Hall–Kier alpha value is -2.46. The fourth-order valence-corrected chi connectivity index (χ4v) is 4.78. The van der Waals surface area contributed by atoms with E-state index in [1.807, 2.05) is 0 Å². The third-order valence-electron chi connectivity index (χ3n) is 5.36. The molecule has 2 aromatic rings. The molecule has 0 radical (unpaired) electrons. The first kappa shape index (κ1) is 22.2. The zero-order valence-electron chi connectivity index (χ0n) is 17.7. The van der Waals surface area contributed by atoms with Crippen molar-refractivity contribution in [2.24, 2.45) is 0 Å². The first-order valence-electron chi connectivity index (χ1n) is 10.2.